The maximum absolute atomic E-state index is 12.9. The van der Waals surface area contributed by atoms with Crippen LogP contribution in [0.5, 0.6) is 0 Å². The number of carbonyl (C=O) groups is 3. The molecule has 2 aromatic rings. The molecule has 1 unspecified atom stereocenters. The summed E-state index contributed by atoms with van der Waals surface area (Å²) >= 11 is 3.64. The summed E-state index contributed by atoms with van der Waals surface area (Å²) in [4.78, 5) is 47.7. The standard InChI is InChI=1S/C17H19N9O6S3.ClH/c1-32-22-9(8-6-34-16(18)19-8)12(28)20-10-13(29)26-11(15(30)31)7(4-33-14(10)26)5-35-17-21-23-24-25(17)2-3-27;/h6,10,14,27H,2-5H2,1H3,(H2,18,19)(H,20,28)(H,30,31);1H/b22-9-;/t10?,14-;/m1./s1. The number of aliphatic hydroxyl groups excluding tert-OH is 1. The molecule has 4 heterocycles. The summed E-state index contributed by atoms with van der Waals surface area (Å²) in [7, 11) is 1.27. The SMILES string of the molecule is CO/N=C(\C(=O)NC1C(=O)N2C(C(=O)O)=C(CSc3nnnn3CCO)CS[C@H]12)c1csc(N)n1.Cl. The van der Waals surface area contributed by atoms with E-state index < -0.39 is 29.2 Å². The number of aromatic nitrogens is 5. The first-order chi connectivity index (χ1) is 16.8. The highest BCUT2D eigenvalue weighted by molar-refractivity contribution is 8.01. The molecular formula is C17H20ClN9O6S3. The predicted molar refractivity (Wildman–Crippen MR) is 133 cm³/mol. The quantitative estimate of drug-likeness (QED) is 0.116. The molecule has 2 aromatic heterocycles. The van der Waals surface area contributed by atoms with Gasteiger partial charge in [0.2, 0.25) is 5.16 Å². The van der Waals surface area contributed by atoms with Crippen LogP contribution in [-0.4, -0.2) is 100 Å². The molecular weight excluding hydrogens is 558 g/mol. The Morgan fingerprint density at radius 2 is 2.22 bits per heavy atom. The number of carboxylic acid groups (broad SMARTS) is 1. The van der Waals surface area contributed by atoms with Crippen LogP contribution in [-0.2, 0) is 25.8 Å². The highest BCUT2D eigenvalue weighted by Gasteiger charge is 2.54. The molecule has 2 amide bonds. The summed E-state index contributed by atoms with van der Waals surface area (Å²) in [5.41, 5.74) is 6.05. The summed E-state index contributed by atoms with van der Waals surface area (Å²) in [6, 6.07) is -0.953. The van der Waals surface area contributed by atoms with Crippen LogP contribution >= 0.6 is 47.3 Å². The molecule has 0 saturated carbocycles. The van der Waals surface area contributed by atoms with Crippen LogP contribution in [0.2, 0.25) is 0 Å². The van der Waals surface area contributed by atoms with Gasteiger partial charge in [0.25, 0.3) is 11.8 Å². The van der Waals surface area contributed by atoms with E-state index in [1.807, 2.05) is 0 Å². The summed E-state index contributed by atoms with van der Waals surface area (Å²) < 4.78 is 1.40. The Morgan fingerprint density at radius 3 is 2.86 bits per heavy atom. The van der Waals surface area contributed by atoms with E-state index in [4.69, 9.17) is 15.7 Å². The third-order valence-corrected chi connectivity index (χ3v) is 7.94. The van der Waals surface area contributed by atoms with Gasteiger partial charge < -0.3 is 26.1 Å². The number of nitrogens with zero attached hydrogens (tertiary/aromatic N) is 7. The number of carboxylic acids is 1. The number of thiazole rings is 1. The van der Waals surface area contributed by atoms with E-state index in [1.54, 1.807) is 0 Å². The van der Waals surface area contributed by atoms with Crippen molar-refractivity contribution in [3.63, 3.8) is 0 Å². The van der Waals surface area contributed by atoms with Crippen molar-refractivity contribution in [2.45, 2.75) is 23.1 Å². The number of anilines is 1. The molecule has 2 aliphatic heterocycles. The van der Waals surface area contributed by atoms with Gasteiger partial charge in [0.05, 0.1) is 13.2 Å². The van der Waals surface area contributed by atoms with Crippen LogP contribution in [0.4, 0.5) is 5.13 Å². The van der Waals surface area contributed by atoms with Crippen molar-refractivity contribution in [3.8, 4) is 0 Å². The van der Waals surface area contributed by atoms with E-state index in [0.717, 1.165) is 11.3 Å². The third-order valence-electron chi connectivity index (χ3n) is 4.88. The van der Waals surface area contributed by atoms with Crippen LogP contribution in [0.15, 0.2) is 27.0 Å². The summed E-state index contributed by atoms with van der Waals surface area (Å²) in [5, 5.41) is 38.0. The number of thioether (sulfide) groups is 2. The second-order valence-electron chi connectivity index (χ2n) is 7.01. The van der Waals surface area contributed by atoms with E-state index in [1.165, 1.54) is 45.6 Å². The molecule has 0 radical (unpaired) electrons. The van der Waals surface area contributed by atoms with E-state index in [2.05, 4.69) is 31.0 Å². The first-order valence-electron chi connectivity index (χ1n) is 9.88. The van der Waals surface area contributed by atoms with Crippen molar-refractivity contribution in [1.82, 2.24) is 35.4 Å². The van der Waals surface area contributed by atoms with Gasteiger partial charge >= 0.3 is 5.97 Å². The number of aliphatic carboxylic acids is 1. The Balaban J connectivity index is 0.00000361. The number of hydrogen-bond donors (Lipinski definition) is 4. The molecule has 0 bridgehead atoms. The van der Waals surface area contributed by atoms with Crippen LogP contribution < -0.4 is 11.1 Å². The Bertz CT molecular complexity index is 1220. The Labute approximate surface area is 221 Å². The molecule has 36 heavy (non-hydrogen) atoms. The molecule has 1 fully saturated rings. The number of fused-ring (bicyclic) bond motifs is 1. The molecule has 5 N–H and O–H groups in total. The van der Waals surface area contributed by atoms with Gasteiger partial charge in [-0.25, -0.2) is 14.5 Å². The highest BCUT2D eigenvalue weighted by atomic mass is 35.5. The second-order valence-corrected chi connectivity index (χ2v) is 9.95. The maximum atomic E-state index is 12.9. The Kier molecular flexibility index (Phi) is 9.12. The lowest BCUT2D eigenvalue weighted by atomic mass is 10.0. The Morgan fingerprint density at radius 1 is 1.44 bits per heavy atom. The average molecular weight is 578 g/mol. The molecule has 0 aromatic carbocycles. The van der Waals surface area contributed by atoms with Gasteiger partial charge in [-0.2, -0.15) is 0 Å². The third kappa shape index (κ3) is 5.41. The zero-order valence-electron chi connectivity index (χ0n) is 18.4. The number of nitrogens with one attached hydrogen (secondary N) is 1. The van der Waals surface area contributed by atoms with Crippen molar-refractivity contribution < 1.29 is 29.4 Å². The molecule has 2 aliphatic rings. The fourth-order valence-corrected chi connectivity index (χ4v) is 6.32. The number of nitrogen functional groups attached to an aromatic ring is 1. The summed E-state index contributed by atoms with van der Waals surface area (Å²) in [5.74, 6) is -1.97. The lowest BCUT2D eigenvalue weighted by molar-refractivity contribution is -0.150. The molecule has 19 heteroatoms. The first kappa shape index (κ1) is 27.7. The van der Waals surface area contributed by atoms with Crippen molar-refractivity contribution in [2.24, 2.45) is 5.16 Å². The second kappa shape index (κ2) is 11.9. The smallest absolute Gasteiger partial charge is 0.352 e. The minimum Gasteiger partial charge on any atom is -0.477 e. The fourth-order valence-electron chi connectivity index (χ4n) is 3.38. The van der Waals surface area contributed by atoms with Crippen LogP contribution in [0.1, 0.15) is 5.69 Å². The molecule has 15 nitrogen and oxygen atoms in total. The number of hydrogen-bond acceptors (Lipinski definition) is 14. The van der Waals surface area contributed by atoms with E-state index >= 15 is 0 Å². The number of tetrazole rings is 1. The van der Waals surface area contributed by atoms with Crippen LogP contribution in [0.3, 0.4) is 0 Å². The van der Waals surface area contributed by atoms with E-state index in [9.17, 15) is 19.5 Å². The van der Waals surface area contributed by atoms with Crippen molar-refractivity contribution in [2.75, 3.05) is 31.0 Å². The number of carbonyl (C=O) groups excluding carboxylic acids is 2. The number of aliphatic hydroxyl groups is 1. The monoisotopic (exact) mass is 577 g/mol. The number of rotatable bonds is 10. The minimum atomic E-state index is -1.25. The maximum Gasteiger partial charge on any atom is 0.352 e. The van der Waals surface area contributed by atoms with Gasteiger partial charge in [0, 0.05) is 16.9 Å². The number of halogens is 1. The summed E-state index contributed by atoms with van der Waals surface area (Å²) in [6.07, 6.45) is 0. The minimum absolute atomic E-state index is 0. The lowest BCUT2D eigenvalue weighted by Gasteiger charge is -2.49. The highest BCUT2D eigenvalue weighted by Crippen LogP contribution is 2.41. The molecule has 0 aliphatic carbocycles. The molecule has 0 spiro atoms. The molecule has 4 rings (SSSR count). The van der Waals surface area contributed by atoms with Gasteiger partial charge in [-0.05, 0) is 16.0 Å². The van der Waals surface area contributed by atoms with Crippen molar-refractivity contribution in [3.05, 3.63) is 22.3 Å². The van der Waals surface area contributed by atoms with E-state index in [-0.39, 0.29) is 53.5 Å². The van der Waals surface area contributed by atoms with Gasteiger partial charge in [-0.1, -0.05) is 16.9 Å². The summed E-state index contributed by atoms with van der Waals surface area (Å²) in [6.45, 7) is 0.0477. The fraction of sp³-hybridized carbons (Fsp3) is 0.412. The van der Waals surface area contributed by atoms with Crippen molar-refractivity contribution >= 4 is 75.9 Å². The van der Waals surface area contributed by atoms with Crippen LogP contribution in [0.25, 0.3) is 0 Å². The van der Waals surface area contributed by atoms with E-state index in [0.29, 0.717) is 16.5 Å². The zero-order chi connectivity index (χ0) is 25.1. The number of nitrogens with two attached hydrogens (primary N) is 1. The van der Waals surface area contributed by atoms with Crippen LogP contribution in [0, 0.1) is 0 Å². The van der Waals surface area contributed by atoms with Gasteiger partial charge in [0.15, 0.2) is 10.8 Å². The lowest BCUT2D eigenvalue weighted by Crippen LogP contribution is -2.71. The van der Waals surface area contributed by atoms with Gasteiger partial charge in [-0.15, -0.1) is 40.6 Å². The number of oxime groups is 1. The normalized spacial score (nSPS) is 19.3. The molecule has 2 atom stereocenters. The zero-order valence-corrected chi connectivity index (χ0v) is 21.7. The number of amides is 2. The van der Waals surface area contributed by atoms with Crippen molar-refractivity contribution in [1.29, 1.82) is 0 Å². The molecule has 194 valence electrons. The number of β-lactam (4-membered cyclic amide) rings is 1. The topological polar surface area (TPSA) is 211 Å². The molecule has 1 saturated heterocycles. The first-order valence-corrected chi connectivity index (χ1v) is 12.8. The largest absolute Gasteiger partial charge is 0.477 e. The van der Waals surface area contributed by atoms with Gasteiger partial charge in [-0.3, -0.25) is 14.5 Å². The van der Waals surface area contributed by atoms with Gasteiger partial charge in [0.1, 0.15) is 29.9 Å². The predicted octanol–water partition coefficient (Wildman–Crippen LogP) is -0.993. The average Bonchev–Trinajstić information content (AvgIpc) is 3.47. The Hall–Kier alpha value is -2.93.